The number of nitrogens with zero attached hydrogens (tertiary/aromatic N) is 1. The van der Waals surface area contributed by atoms with Crippen LogP contribution in [0.4, 0.5) is 14.5 Å². The zero-order valence-electron chi connectivity index (χ0n) is 17.9. The van der Waals surface area contributed by atoms with E-state index in [-0.39, 0.29) is 40.6 Å². The number of aryl methyl sites for hydroxylation is 1. The van der Waals surface area contributed by atoms with Crippen molar-refractivity contribution in [2.75, 3.05) is 5.32 Å². The lowest BCUT2D eigenvalue weighted by Crippen LogP contribution is -2.18. The first kappa shape index (κ1) is 22.9. The number of alkyl halides is 2. The fourth-order valence-electron chi connectivity index (χ4n) is 3.96. The molecule has 1 aromatic carbocycles. The third-order valence-electron chi connectivity index (χ3n) is 5.63. The third-order valence-corrected chi connectivity index (χ3v) is 5.84. The molecule has 4 rings (SSSR count). The smallest absolute Gasteiger partial charge is 0.356 e. The minimum Gasteiger partial charge on any atom is -0.476 e. The Morgan fingerprint density at radius 3 is 2.73 bits per heavy atom. The summed E-state index contributed by atoms with van der Waals surface area (Å²) in [7, 11) is 0. The fourth-order valence-corrected chi connectivity index (χ4v) is 4.11. The Morgan fingerprint density at radius 1 is 1.30 bits per heavy atom. The molecule has 0 bridgehead atoms. The highest BCUT2D eigenvalue weighted by atomic mass is 35.5. The summed E-state index contributed by atoms with van der Waals surface area (Å²) in [4.78, 5) is 28.3. The lowest BCUT2D eigenvalue weighted by Gasteiger charge is -2.22. The number of fused-ring (bicyclic) bond motifs is 1. The van der Waals surface area contributed by atoms with Crippen molar-refractivity contribution < 1.29 is 23.1 Å². The maximum Gasteiger partial charge on any atom is 0.356 e. The molecule has 2 aromatic heterocycles. The summed E-state index contributed by atoms with van der Waals surface area (Å²) in [5.41, 5.74) is 2.07. The molecule has 0 aliphatic heterocycles. The van der Waals surface area contributed by atoms with Crippen LogP contribution in [-0.4, -0.2) is 22.0 Å². The first-order chi connectivity index (χ1) is 15.5. The van der Waals surface area contributed by atoms with Gasteiger partial charge in [0.1, 0.15) is 16.5 Å². The van der Waals surface area contributed by atoms with E-state index in [2.05, 4.69) is 10.3 Å². The average Bonchev–Trinajstić information content (AvgIpc) is 2.74. The van der Waals surface area contributed by atoms with Crippen molar-refractivity contribution in [3.8, 4) is 0 Å². The highest BCUT2D eigenvalue weighted by Crippen LogP contribution is 2.37. The number of carboxylic acid groups (broad SMARTS) is 1. The highest BCUT2D eigenvalue weighted by molar-refractivity contribution is 6.29. The second kappa shape index (κ2) is 8.59. The lowest BCUT2D eigenvalue weighted by molar-refractivity contribution is -0.00617. The summed E-state index contributed by atoms with van der Waals surface area (Å²) in [5, 5.41) is 13.0. The van der Waals surface area contributed by atoms with Gasteiger partial charge in [-0.2, -0.15) is 0 Å². The summed E-state index contributed by atoms with van der Waals surface area (Å²) in [5.74, 6) is -3.73. The van der Waals surface area contributed by atoms with Gasteiger partial charge in [0, 0.05) is 24.5 Å². The van der Waals surface area contributed by atoms with Crippen LogP contribution in [0.25, 0.3) is 16.5 Å². The molecule has 0 spiro atoms. The van der Waals surface area contributed by atoms with Gasteiger partial charge >= 0.3 is 5.97 Å². The van der Waals surface area contributed by atoms with Crippen LogP contribution in [0.2, 0.25) is 5.15 Å². The van der Waals surface area contributed by atoms with E-state index < -0.39 is 24.4 Å². The van der Waals surface area contributed by atoms with Gasteiger partial charge in [-0.05, 0) is 49.6 Å². The van der Waals surface area contributed by atoms with Crippen molar-refractivity contribution in [2.45, 2.75) is 45.1 Å². The van der Waals surface area contributed by atoms with Gasteiger partial charge in [-0.15, -0.1) is 0 Å². The summed E-state index contributed by atoms with van der Waals surface area (Å²) >= 11 is 5.84. The number of pyridine rings is 1. The summed E-state index contributed by atoms with van der Waals surface area (Å²) in [6.45, 7) is 3.63. The quantitative estimate of drug-likeness (QED) is 0.426. The van der Waals surface area contributed by atoms with E-state index in [1.54, 1.807) is 13.0 Å². The Bertz CT molecular complexity index is 1350. The molecular formula is C24H21ClF2N2O4. The van der Waals surface area contributed by atoms with Crippen molar-refractivity contribution >= 4 is 39.8 Å². The summed E-state index contributed by atoms with van der Waals surface area (Å²) in [6.07, 6.45) is 0.821. The molecule has 2 heterocycles. The van der Waals surface area contributed by atoms with Crippen molar-refractivity contribution in [3.05, 3.63) is 74.4 Å². The number of nitrogens with one attached hydrogen (secondary N) is 1. The molecule has 0 saturated heterocycles. The van der Waals surface area contributed by atoms with Gasteiger partial charge in [0.2, 0.25) is 0 Å². The Hall–Kier alpha value is -3.26. The number of anilines is 1. The number of aromatic carboxylic acids is 1. The highest BCUT2D eigenvalue weighted by Gasteiger charge is 2.32. The molecule has 0 radical (unpaired) electrons. The van der Waals surface area contributed by atoms with E-state index in [0.717, 1.165) is 5.56 Å². The Labute approximate surface area is 192 Å². The SMILES string of the molecule is Cc1cc([C@@H](C)Nc2ccc(Cl)nc2C(=O)O)c2oc(C3=CCC(F)(F)CC3)cc(=O)c2c1. The van der Waals surface area contributed by atoms with Crippen LogP contribution in [0.15, 0.2) is 45.6 Å². The molecule has 0 saturated carbocycles. The van der Waals surface area contributed by atoms with Crippen molar-refractivity contribution in [2.24, 2.45) is 0 Å². The second-order valence-corrected chi connectivity index (χ2v) is 8.58. The summed E-state index contributed by atoms with van der Waals surface area (Å²) in [6, 6.07) is 7.39. The van der Waals surface area contributed by atoms with Crippen LogP contribution in [0.3, 0.4) is 0 Å². The molecule has 6 nitrogen and oxygen atoms in total. The van der Waals surface area contributed by atoms with E-state index in [9.17, 15) is 23.5 Å². The minimum absolute atomic E-state index is 0.0496. The standard InChI is InChI=1S/C24H21ClF2N2O4/c1-12-9-15(13(2)28-17-3-4-20(25)29-21(17)23(31)32)22-16(10-12)18(30)11-19(33-22)14-5-7-24(26,27)8-6-14/h3-5,9-11,13,28H,6-8H2,1-2H3,(H,31,32)/t13-/m1/s1. The first-order valence-electron chi connectivity index (χ1n) is 10.4. The Morgan fingerprint density at radius 2 is 2.06 bits per heavy atom. The van der Waals surface area contributed by atoms with E-state index in [4.69, 9.17) is 16.0 Å². The molecule has 1 aliphatic carbocycles. The molecule has 0 amide bonds. The second-order valence-electron chi connectivity index (χ2n) is 8.20. The number of hydrogen-bond acceptors (Lipinski definition) is 5. The van der Waals surface area contributed by atoms with Crippen LogP contribution < -0.4 is 10.7 Å². The molecule has 0 fully saturated rings. The first-order valence-corrected chi connectivity index (χ1v) is 10.7. The molecule has 1 atom stereocenters. The van der Waals surface area contributed by atoms with Crippen LogP contribution in [-0.2, 0) is 0 Å². The molecule has 172 valence electrons. The monoisotopic (exact) mass is 474 g/mol. The van der Waals surface area contributed by atoms with Gasteiger partial charge in [-0.25, -0.2) is 18.6 Å². The predicted octanol–water partition coefficient (Wildman–Crippen LogP) is 6.22. The normalized spacial score (nSPS) is 16.3. The molecule has 9 heteroatoms. The fraction of sp³-hybridized carbons (Fsp3) is 0.292. The van der Waals surface area contributed by atoms with Gasteiger partial charge < -0.3 is 14.8 Å². The van der Waals surface area contributed by atoms with Gasteiger partial charge in [-0.1, -0.05) is 23.7 Å². The predicted molar refractivity (Wildman–Crippen MR) is 122 cm³/mol. The van der Waals surface area contributed by atoms with E-state index in [0.29, 0.717) is 22.1 Å². The van der Waals surface area contributed by atoms with Gasteiger partial charge in [0.05, 0.1) is 17.1 Å². The number of halogens is 3. The number of benzene rings is 1. The van der Waals surface area contributed by atoms with Crippen LogP contribution in [0.5, 0.6) is 0 Å². The zero-order valence-corrected chi connectivity index (χ0v) is 18.7. The molecule has 0 unspecified atom stereocenters. The van der Waals surface area contributed by atoms with E-state index in [1.165, 1.54) is 24.3 Å². The van der Waals surface area contributed by atoms with Crippen molar-refractivity contribution in [3.63, 3.8) is 0 Å². The number of carboxylic acids is 1. The molecule has 1 aliphatic rings. The average molecular weight is 475 g/mol. The molecular weight excluding hydrogens is 454 g/mol. The van der Waals surface area contributed by atoms with E-state index in [1.807, 2.05) is 13.0 Å². The van der Waals surface area contributed by atoms with Crippen molar-refractivity contribution in [1.82, 2.24) is 4.98 Å². The minimum atomic E-state index is -2.75. The number of rotatable bonds is 5. The molecule has 33 heavy (non-hydrogen) atoms. The van der Waals surface area contributed by atoms with Crippen LogP contribution in [0.1, 0.15) is 59.6 Å². The van der Waals surface area contributed by atoms with E-state index >= 15 is 0 Å². The maximum atomic E-state index is 13.6. The molecule has 3 aromatic rings. The topological polar surface area (TPSA) is 92.4 Å². The van der Waals surface area contributed by atoms with Crippen LogP contribution in [0, 0.1) is 6.92 Å². The van der Waals surface area contributed by atoms with Crippen molar-refractivity contribution in [1.29, 1.82) is 0 Å². The number of carbonyl (C=O) groups is 1. The Kier molecular flexibility index (Phi) is 5.97. The molecule has 2 N–H and O–H groups in total. The van der Waals surface area contributed by atoms with Gasteiger partial charge in [0.15, 0.2) is 11.1 Å². The number of aromatic nitrogens is 1. The van der Waals surface area contributed by atoms with Crippen LogP contribution >= 0.6 is 11.6 Å². The zero-order chi connectivity index (χ0) is 23.9. The van der Waals surface area contributed by atoms with Gasteiger partial charge in [-0.3, -0.25) is 4.79 Å². The number of hydrogen-bond donors (Lipinski definition) is 2. The van der Waals surface area contributed by atoms with Gasteiger partial charge in [0.25, 0.3) is 5.92 Å². The lowest BCUT2D eigenvalue weighted by atomic mass is 9.94. The third kappa shape index (κ3) is 4.75. The largest absolute Gasteiger partial charge is 0.476 e. The maximum absolute atomic E-state index is 13.6. The summed E-state index contributed by atoms with van der Waals surface area (Å²) < 4.78 is 33.2. The number of allylic oxidation sites excluding steroid dienone is 2. The Balaban J connectivity index is 1.79.